The number of nitrogens with two attached hydrogens (primary N) is 1. The minimum absolute atomic E-state index is 0.431. The van der Waals surface area contributed by atoms with E-state index in [2.05, 4.69) is 19.9 Å². The summed E-state index contributed by atoms with van der Waals surface area (Å²) >= 11 is 0. The maximum atomic E-state index is 9.76. The van der Waals surface area contributed by atoms with E-state index in [9.17, 15) is 5.11 Å². The average Bonchev–Trinajstić information content (AvgIpc) is 2.75. The molecule has 6 nitrogen and oxygen atoms in total. The Morgan fingerprint density at radius 1 is 1.50 bits per heavy atom. The number of H-pyrrole nitrogens is 1. The number of aliphatic hydroxyl groups excluding tert-OH is 1. The smallest absolute Gasteiger partial charge is 0.180 e. The van der Waals surface area contributed by atoms with Gasteiger partial charge in [0.2, 0.25) is 0 Å². The van der Waals surface area contributed by atoms with E-state index < -0.39 is 12.1 Å². The second-order valence-electron chi connectivity index (χ2n) is 3.75. The molecule has 86 valence electrons. The molecule has 2 atom stereocenters. The predicted molar refractivity (Wildman–Crippen MR) is 59.5 cm³/mol. The van der Waals surface area contributed by atoms with Crippen molar-refractivity contribution in [3.05, 3.63) is 18.3 Å². The summed E-state index contributed by atoms with van der Waals surface area (Å²) < 4.78 is 0. The van der Waals surface area contributed by atoms with Gasteiger partial charge < -0.3 is 15.8 Å². The van der Waals surface area contributed by atoms with Crippen molar-refractivity contribution < 1.29 is 5.11 Å². The van der Waals surface area contributed by atoms with Crippen LogP contribution in [0.5, 0.6) is 0 Å². The van der Waals surface area contributed by atoms with Crippen molar-refractivity contribution in [2.45, 2.75) is 31.9 Å². The van der Waals surface area contributed by atoms with E-state index in [0.717, 1.165) is 11.9 Å². The predicted octanol–water partition coefficient (Wildman–Crippen LogP) is 0.514. The normalized spacial score (nSPS) is 15.2. The molecule has 0 aromatic carbocycles. The van der Waals surface area contributed by atoms with Crippen LogP contribution >= 0.6 is 0 Å². The van der Waals surface area contributed by atoms with E-state index in [0.29, 0.717) is 17.9 Å². The van der Waals surface area contributed by atoms with Gasteiger partial charge in [-0.25, -0.2) is 15.0 Å². The Balaban J connectivity index is 2.24. The number of hydrogen-bond acceptors (Lipinski definition) is 5. The third kappa shape index (κ3) is 2.02. The van der Waals surface area contributed by atoms with Gasteiger partial charge in [0, 0.05) is 0 Å². The van der Waals surface area contributed by atoms with Gasteiger partial charge in [-0.1, -0.05) is 13.3 Å². The van der Waals surface area contributed by atoms with Crippen LogP contribution < -0.4 is 5.73 Å². The molecule has 0 aliphatic rings. The topological polar surface area (TPSA) is 101 Å². The molecule has 6 heteroatoms. The first-order valence-corrected chi connectivity index (χ1v) is 5.32. The third-order valence-corrected chi connectivity index (χ3v) is 2.49. The summed E-state index contributed by atoms with van der Waals surface area (Å²) in [5, 5.41) is 9.76. The van der Waals surface area contributed by atoms with Crippen LogP contribution in [0.25, 0.3) is 11.2 Å². The van der Waals surface area contributed by atoms with Crippen LogP contribution in [0, 0.1) is 0 Å². The summed E-state index contributed by atoms with van der Waals surface area (Å²) in [7, 11) is 0. The van der Waals surface area contributed by atoms with Crippen molar-refractivity contribution in [3.8, 4) is 0 Å². The number of aromatic amines is 1. The van der Waals surface area contributed by atoms with E-state index in [4.69, 9.17) is 5.73 Å². The van der Waals surface area contributed by atoms with Crippen LogP contribution in [0.15, 0.2) is 12.5 Å². The lowest BCUT2D eigenvalue weighted by Gasteiger charge is -2.16. The fourth-order valence-corrected chi connectivity index (χ4v) is 1.56. The largest absolute Gasteiger partial charge is 0.391 e. The summed E-state index contributed by atoms with van der Waals surface area (Å²) in [6, 6.07) is -0.555. The first-order chi connectivity index (χ1) is 7.72. The van der Waals surface area contributed by atoms with Crippen LogP contribution in [-0.4, -0.2) is 31.1 Å². The minimum Gasteiger partial charge on any atom is -0.391 e. The summed E-state index contributed by atoms with van der Waals surface area (Å²) in [5.41, 5.74) is 7.21. The van der Waals surface area contributed by atoms with Crippen molar-refractivity contribution in [2.24, 2.45) is 5.73 Å². The number of nitrogens with one attached hydrogen (secondary N) is 1. The Kier molecular flexibility index (Phi) is 3.12. The lowest BCUT2D eigenvalue weighted by molar-refractivity contribution is 0.131. The quantitative estimate of drug-likeness (QED) is 0.698. The highest BCUT2D eigenvalue weighted by molar-refractivity contribution is 5.68. The molecule has 0 spiro atoms. The summed E-state index contributed by atoms with van der Waals surface area (Å²) in [4.78, 5) is 15.2. The Morgan fingerprint density at radius 2 is 2.31 bits per heavy atom. The standard InChI is InChI=1S/C10H15N5O/c1-2-3-7(16)8(11)10-12-4-6-9(15-10)14-5-13-6/h4-5,7-8,16H,2-3,11H2,1H3,(H,12,13,14,15). The van der Waals surface area contributed by atoms with Crippen molar-refractivity contribution >= 4 is 11.2 Å². The van der Waals surface area contributed by atoms with Gasteiger partial charge in [-0.05, 0) is 6.42 Å². The van der Waals surface area contributed by atoms with Gasteiger partial charge in [0.05, 0.1) is 24.7 Å². The molecule has 2 rings (SSSR count). The molecule has 0 bridgehead atoms. The zero-order valence-corrected chi connectivity index (χ0v) is 9.09. The first kappa shape index (κ1) is 11.0. The van der Waals surface area contributed by atoms with Gasteiger partial charge in [0.15, 0.2) is 5.65 Å². The van der Waals surface area contributed by atoms with Crippen LogP contribution in [-0.2, 0) is 0 Å². The van der Waals surface area contributed by atoms with Crippen LogP contribution in [0.3, 0.4) is 0 Å². The van der Waals surface area contributed by atoms with Crippen molar-refractivity contribution in [1.29, 1.82) is 0 Å². The number of hydrogen-bond donors (Lipinski definition) is 3. The fourth-order valence-electron chi connectivity index (χ4n) is 1.56. The molecule has 0 aliphatic heterocycles. The number of rotatable bonds is 4. The second kappa shape index (κ2) is 4.54. The van der Waals surface area contributed by atoms with E-state index in [1.54, 1.807) is 12.5 Å². The van der Waals surface area contributed by atoms with Crippen molar-refractivity contribution in [2.75, 3.05) is 0 Å². The van der Waals surface area contributed by atoms with E-state index >= 15 is 0 Å². The Hall–Kier alpha value is -1.53. The number of nitrogens with zero attached hydrogens (tertiary/aromatic N) is 3. The highest BCUT2D eigenvalue weighted by Gasteiger charge is 2.19. The van der Waals surface area contributed by atoms with Crippen LogP contribution in [0.2, 0.25) is 0 Å². The highest BCUT2D eigenvalue weighted by atomic mass is 16.3. The molecule has 0 saturated carbocycles. The molecular weight excluding hydrogens is 206 g/mol. The zero-order chi connectivity index (χ0) is 11.5. The molecule has 2 unspecified atom stereocenters. The average molecular weight is 221 g/mol. The number of aromatic nitrogens is 4. The lowest BCUT2D eigenvalue weighted by Crippen LogP contribution is -2.27. The molecule has 2 aromatic heterocycles. The van der Waals surface area contributed by atoms with Crippen molar-refractivity contribution in [1.82, 2.24) is 19.9 Å². The van der Waals surface area contributed by atoms with Gasteiger partial charge in [0.1, 0.15) is 11.3 Å². The summed E-state index contributed by atoms with van der Waals surface area (Å²) in [5.74, 6) is 0.431. The third-order valence-electron chi connectivity index (χ3n) is 2.49. The lowest BCUT2D eigenvalue weighted by atomic mass is 10.1. The van der Waals surface area contributed by atoms with Gasteiger partial charge >= 0.3 is 0 Å². The van der Waals surface area contributed by atoms with Crippen molar-refractivity contribution in [3.63, 3.8) is 0 Å². The second-order valence-corrected chi connectivity index (χ2v) is 3.75. The van der Waals surface area contributed by atoms with Gasteiger partial charge in [-0.3, -0.25) is 0 Å². The summed E-state index contributed by atoms with van der Waals surface area (Å²) in [6.45, 7) is 1.99. The Bertz CT molecular complexity index is 469. The minimum atomic E-state index is -0.610. The Labute approximate surface area is 92.9 Å². The Morgan fingerprint density at radius 3 is 3.06 bits per heavy atom. The molecule has 2 aromatic rings. The highest BCUT2D eigenvalue weighted by Crippen LogP contribution is 2.15. The molecule has 0 radical (unpaired) electrons. The molecule has 4 N–H and O–H groups in total. The van der Waals surface area contributed by atoms with E-state index in [1.807, 2.05) is 6.92 Å². The van der Waals surface area contributed by atoms with Crippen LogP contribution in [0.1, 0.15) is 31.6 Å². The maximum absolute atomic E-state index is 9.76. The molecule has 16 heavy (non-hydrogen) atoms. The molecule has 2 heterocycles. The molecular formula is C10H15N5O. The maximum Gasteiger partial charge on any atom is 0.180 e. The fraction of sp³-hybridized carbons (Fsp3) is 0.500. The van der Waals surface area contributed by atoms with Gasteiger partial charge in [0.25, 0.3) is 0 Å². The molecule has 0 fully saturated rings. The number of fused-ring (bicyclic) bond motifs is 1. The zero-order valence-electron chi connectivity index (χ0n) is 9.09. The summed E-state index contributed by atoms with van der Waals surface area (Å²) in [6.07, 6.45) is 4.09. The molecule has 0 aliphatic carbocycles. The first-order valence-electron chi connectivity index (χ1n) is 5.32. The van der Waals surface area contributed by atoms with E-state index in [-0.39, 0.29) is 0 Å². The molecule has 0 saturated heterocycles. The van der Waals surface area contributed by atoms with E-state index in [1.165, 1.54) is 0 Å². The number of aliphatic hydroxyl groups is 1. The van der Waals surface area contributed by atoms with Gasteiger partial charge in [-0.15, -0.1) is 0 Å². The number of imidazole rings is 1. The monoisotopic (exact) mass is 221 g/mol. The molecule has 0 amide bonds. The van der Waals surface area contributed by atoms with Crippen LogP contribution in [0.4, 0.5) is 0 Å². The SMILES string of the molecule is CCCC(O)C(N)c1ncc2[nH]cnc2n1. The van der Waals surface area contributed by atoms with Gasteiger partial charge in [-0.2, -0.15) is 0 Å².